The van der Waals surface area contributed by atoms with Gasteiger partial charge in [-0.3, -0.25) is 4.57 Å². The van der Waals surface area contributed by atoms with E-state index in [9.17, 15) is 4.79 Å². The van der Waals surface area contributed by atoms with Crippen LogP contribution >= 0.6 is 0 Å². The minimum Gasteiger partial charge on any atom is -0.408 e. The smallest absolute Gasteiger partial charge is 0.408 e. The van der Waals surface area contributed by atoms with E-state index in [-0.39, 0.29) is 5.76 Å². The molecule has 0 saturated carbocycles. The van der Waals surface area contributed by atoms with Crippen molar-refractivity contribution in [3.8, 4) is 0 Å². The van der Waals surface area contributed by atoms with E-state index in [1.165, 1.54) is 4.57 Å². The predicted octanol–water partition coefficient (Wildman–Crippen LogP) is 1.17. The molecule has 1 aromatic carbocycles. The molecule has 0 fully saturated rings. The van der Waals surface area contributed by atoms with E-state index < -0.39 is 0 Å². The fourth-order valence-electron chi connectivity index (χ4n) is 1.28. The zero-order chi connectivity index (χ0) is 9.42. The van der Waals surface area contributed by atoms with Crippen molar-refractivity contribution >= 4 is 16.8 Å². The van der Waals surface area contributed by atoms with Crippen LogP contribution < -0.4 is 11.1 Å². The number of aryl methyl sites for hydroxylation is 1. The van der Waals surface area contributed by atoms with Gasteiger partial charge in [-0.1, -0.05) is 0 Å². The lowest BCUT2D eigenvalue weighted by molar-refractivity contribution is 0.528. The summed E-state index contributed by atoms with van der Waals surface area (Å²) in [6.07, 6.45) is 0. The van der Waals surface area contributed by atoms with Crippen LogP contribution in [0.3, 0.4) is 0 Å². The Hall–Kier alpha value is -1.71. The molecule has 4 nitrogen and oxygen atoms in total. The lowest BCUT2D eigenvalue weighted by Gasteiger charge is -1.98. The molecule has 0 radical (unpaired) electrons. The zero-order valence-corrected chi connectivity index (χ0v) is 7.50. The molecule has 0 saturated heterocycles. The van der Waals surface area contributed by atoms with Crippen molar-refractivity contribution in [3.05, 3.63) is 28.7 Å². The second kappa shape index (κ2) is 2.65. The van der Waals surface area contributed by atoms with Gasteiger partial charge in [0.05, 0.1) is 5.52 Å². The number of rotatable bonds is 1. The van der Waals surface area contributed by atoms with Crippen LogP contribution in [0.2, 0.25) is 0 Å². The lowest BCUT2D eigenvalue weighted by Crippen LogP contribution is -2.08. The van der Waals surface area contributed by atoms with Crippen LogP contribution in [0.25, 0.3) is 11.1 Å². The standard InChI is InChI=1S/C9H10N2O2/c1-10-6-3-4-8-7(5-6)11(2)9(12)13-8/h3-5,10H,1-2H3. The molecule has 0 aliphatic heterocycles. The summed E-state index contributed by atoms with van der Waals surface area (Å²) in [6.45, 7) is 0. The Balaban J connectivity index is 2.82. The highest BCUT2D eigenvalue weighted by atomic mass is 16.4. The molecule has 0 aliphatic rings. The monoisotopic (exact) mass is 178 g/mol. The fraction of sp³-hybridized carbons (Fsp3) is 0.222. The highest BCUT2D eigenvalue weighted by Gasteiger charge is 2.04. The molecule has 4 heteroatoms. The van der Waals surface area contributed by atoms with Crippen molar-refractivity contribution < 1.29 is 4.42 Å². The molecular weight excluding hydrogens is 168 g/mol. The summed E-state index contributed by atoms with van der Waals surface area (Å²) in [5.41, 5.74) is 2.38. The SMILES string of the molecule is CNc1ccc2oc(=O)n(C)c2c1. The third-order valence-electron chi connectivity index (χ3n) is 2.08. The third kappa shape index (κ3) is 1.11. The number of anilines is 1. The van der Waals surface area contributed by atoms with Gasteiger partial charge in [0.15, 0.2) is 5.58 Å². The molecule has 1 aromatic heterocycles. The van der Waals surface area contributed by atoms with Crippen LogP contribution in [0.4, 0.5) is 5.69 Å². The van der Waals surface area contributed by atoms with Gasteiger partial charge in [-0.2, -0.15) is 0 Å². The zero-order valence-electron chi connectivity index (χ0n) is 7.50. The van der Waals surface area contributed by atoms with Gasteiger partial charge in [-0.25, -0.2) is 4.79 Å². The summed E-state index contributed by atoms with van der Waals surface area (Å²) >= 11 is 0. The first-order valence-electron chi connectivity index (χ1n) is 3.99. The number of benzene rings is 1. The Morgan fingerprint density at radius 1 is 1.46 bits per heavy atom. The van der Waals surface area contributed by atoms with Gasteiger partial charge in [0.25, 0.3) is 0 Å². The highest BCUT2D eigenvalue weighted by Crippen LogP contribution is 2.16. The average molecular weight is 178 g/mol. The lowest BCUT2D eigenvalue weighted by atomic mass is 10.3. The van der Waals surface area contributed by atoms with Gasteiger partial charge < -0.3 is 9.73 Å². The van der Waals surface area contributed by atoms with E-state index in [1.807, 2.05) is 19.2 Å². The maximum atomic E-state index is 11.1. The summed E-state index contributed by atoms with van der Waals surface area (Å²) in [5.74, 6) is -0.330. The van der Waals surface area contributed by atoms with Crippen molar-refractivity contribution in [2.75, 3.05) is 12.4 Å². The molecule has 0 bridgehead atoms. The molecule has 1 heterocycles. The Morgan fingerprint density at radius 3 is 2.92 bits per heavy atom. The molecule has 0 atom stereocenters. The largest absolute Gasteiger partial charge is 0.419 e. The first kappa shape index (κ1) is 7.91. The van der Waals surface area contributed by atoms with Crippen LogP contribution in [0.15, 0.2) is 27.4 Å². The Bertz CT molecular complexity index is 496. The summed E-state index contributed by atoms with van der Waals surface area (Å²) in [6, 6.07) is 5.52. The second-order valence-electron chi connectivity index (χ2n) is 2.86. The van der Waals surface area contributed by atoms with Crippen LogP contribution in [0.5, 0.6) is 0 Å². The van der Waals surface area contributed by atoms with Gasteiger partial charge in [-0.15, -0.1) is 0 Å². The normalized spacial score (nSPS) is 10.6. The van der Waals surface area contributed by atoms with E-state index in [1.54, 1.807) is 13.1 Å². The molecule has 13 heavy (non-hydrogen) atoms. The summed E-state index contributed by atoms with van der Waals surface area (Å²) in [5, 5.41) is 3.00. The van der Waals surface area contributed by atoms with E-state index >= 15 is 0 Å². The molecule has 0 amide bonds. The van der Waals surface area contributed by atoms with Crippen LogP contribution in [-0.2, 0) is 7.05 Å². The Kier molecular flexibility index (Phi) is 1.62. The van der Waals surface area contributed by atoms with Crippen molar-refractivity contribution in [3.63, 3.8) is 0 Å². The fourth-order valence-corrected chi connectivity index (χ4v) is 1.28. The topological polar surface area (TPSA) is 47.2 Å². The van der Waals surface area contributed by atoms with Gasteiger partial charge in [0.2, 0.25) is 0 Å². The molecule has 1 N–H and O–H groups in total. The van der Waals surface area contributed by atoms with Gasteiger partial charge in [0, 0.05) is 19.8 Å². The first-order valence-corrected chi connectivity index (χ1v) is 3.99. The quantitative estimate of drug-likeness (QED) is 0.713. The van der Waals surface area contributed by atoms with E-state index in [2.05, 4.69) is 5.32 Å². The minimum absolute atomic E-state index is 0.330. The van der Waals surface area contributed by atoms with Crippen LogP contribution in [-0.4, -0.2) is 11.6 Å². The van der Waals surface area contributed by atoms with Crippen LogP contribution in [0.1, 0.15) is 0 Å². The van der Waals surface area contributed by atoms with Crippen molar-refractivity contribution in [1.82, 2.24) is 4.57 Å². The number of oxazole rings is 1. The molecule has 2 rings (SSSR count). The number of hydrogen-bond donors (Lipinski definition) is 1. The first-order chi connectivity index (χ1) is 6.22. The van der Waals surface area contributed by atoms with Crippen LogP contribution in [0, 0.1) is 0 Å². The van der Waals surface area contributed by atoms with Gasteiger partial charge >= 0.3 is 5.76 Å². The molecule has 0 unspecified atom stereocenters. The molecule has 2 aromatic rings. The summed E-state index contributed by atoms with van der Waals surface area (Å²) < 4.78 is 6.46. The average Bonchev–Trinajstić information content (AvgIpc) is 2.43. The highest BCUT2D eigenvalue weighted by molar-refractivity contribution is 5.77. The summed E-state index contributed by atoms with van der Waals surface area (Å²) in [7, 11) is 3.52. The Morgan fingerprint density at radius 2 is 2.23 bits per heavy atom. The van der Waals surface area contributed by atoms with Gasteiger partial charge in [0.1, 0.15) is 0 Å². The molecule has 0 aliphatic carbocycles. The molecule has 0 spiro atoms. The number of nitrogens with zero attached hydrogens (tertiary/aromatic N) is 1. The van der Waals surface area contributed by atoms with Crippen molar-refractivity contribution in [2.45, 2.75) is 0 Å². The second-order valence-corrected chi connectivity index (χ2v) is 2.86. The molecular formula is C9H10N2O2. The minimum atomic E-state index is -0.330. The number of hydrogen-bond acceptors (Lipinski definition) is 3. The van der Waals surface area contributed by atoms with E-state index in [0.717, 1.165) is 11.2 Å². The van der Waals surface area contributed by atoms with E-state index in [0.29, 0.717) is 5.58 Å². The Labute approximate surface area is 74.8 Å². The third-order valence-corrected chi connectivity index (χ3v) is 2.08. The van der Waals surface area contributed by atoms with Crippen molar-refractivity contribution in [2.24, 2.45) is 7.05 Å². The number of aromatic nitrogens is 1. The molecule has 68 valence electrons. The summed E-state index contributed by atoms with van der Waals surface area (Å²) in [4.78, 5) is 11.1. The number of nitrogens with one attached hydrogen (secondary N) is 1. The predicted molar refractivity (Wildman–Crippen MR) is 51.0 cm³/mol. The van der Waals surface area contributed by atoms with Gasteiger partial charge in [-0.05, 0) is 18.2 Å². The van der Waals surface area contributed by atoms with Crippen molar-refractivity contribution in [1.29, 1.82) is 0 Å². The maximum Gasteiger partial charge on any atom is 0.419 e. The number of fused-ring (bicyclic) bond motifs is 1. The van der Waals surface area contributed by atoms with E-state index in [4.69, 9.17) is 4.42 Å². The maximum absolute atomic E-state index is 11.1.